The van der Waals surface area contributed by atoms with Crippen LogP contribution in [0.3, 0.4) is 0 Å². The van der Waals surface area contributed by atoms with Gasteiger partial charge in [0.25, 0.3) is 0 Å². The van der Waals surface area contributed by atoms with E-state index in [2.05, 4.69) is 10.1 Å². The van der Waals surface area contributed by atoms with E-state index < -0.39 is 18.3 Å². The Balaban J connectivity index is 1.67. The number of carbonyl (C=O) groups excluding carboxylic acids is 1. The van der Waals surface area contributed by atoms with E-state index in [9.17, 15) is 18.7 Å². The number of carbonyl (C=O) groups is 1. The molecule has 0 bridgehead atoms. The van der Waals surface area contributed by atoms with Crippen LogP contribution < -0.4 is 14.8 Å². The van der Waals surface area contributed by atoms with E-state index in [0.29, 0.717) is 31.2 Å². The minimum absolute atomic E-state index is 0.00811. The fourth-order valence-corrected chi connectivity index (χ4v) is 3.37. The predicted octanol–water partition coefficient (Wildman–Crippen LogP) is 3.86. The number of hydrogen-bond donors (Lipinski definition) is 2. The lowest BCUT2D eigenvalue weighted by Crippen LogP contribution is -2.41. The largest absolute Gasteiger partial charge is 0.489 e. The van der Waals surface area contributed by atoms with Gasteiger partial charge >= 0.3 is 12.7 Å². The molecule has 1 aliphatic carbocycles. The van der Waals surface area contributed by atoms with Crippen molar-refractivity contribution in [3.05, 3.63) is 18.2 Å². The molecule has 1 saturated heterocycles. The molecule has 0 spiro atoms. The van der Waals surface area contributed by atoms with Gasteiger partial charge in [0.05, 0.1) is 19.3 Å². The van der Waals surface area contributed by atoms with Crippen LogP contribution in [-0.2, 0) is 4.74 Å². The normalized spacial score (nSPS) is 21.6. The van der Waals surface area contributed by atoms with E-state index in [1.807, 2.05) is 0 Å². The molecule has 7 nitrogen and oxygen atoms in total. The molecule has 1 aromatic rings. The third-order valence-corrected chi connectivity index (χ3v) is 4.96. The zero-order chi connectivity index (χ0) is 21.9. The lowest BCUT2D eigenvalue weighted by atomic mass is 10.1. The first kappa shape index (κ1) is 22.4. The molecule has 2 fully saturated rings. The third-order valence-electron chi connectivity index (χ3n) is 4.96. The highest BCUT2D eigenvalue weighted by Crippen LogP contribution is 2.36. The van der Waals surface area contributed by atoms with Crippen LogP contribution in [0, 0.1) is 5.92 Å². The Morgan fingerprint density at radius 1 is 1.30 bits per heavy atom. The lowest BCUT2D eigenvalue weighted by molar-refractivity contribution is -0.0515. The summed E-state index contributed by atoms with van der Waals surface area (Å²) < 4.78 is 41.1. The van der Waals surface area contributed by atoms with Crippen LogP contribution in [0.4, 0.5) is 19.3 Å². The SMILES string of the molecule is CC(C)(C)OC(=O)N1CC(Nc2ccc(OC(F)F)c(OCC3CC3)c2)CC1CO. The van der Waals surface area contributed by atoms with Gasteiger partial charge in [-0.3, -0.25) is 0 Å². The summed E-state index contributed by atoms with van der Waals surface area (Å²) in [7, 11) is 0. The quantitative estimate of drug-likeness (QED) is 0.655. The van der Waals surface area contributed by atoms with E-state index in [-0.39, 0.29) is 30.2 Å². The number of hydrogen-bond acceptors (Lipinski definition) is 6. The van der Waals surface area contributed by atoms with Crippen molar-refractivity contribution in [1.82, 2.24) is 4.90 Å². The lowest BCUT2D eigenvalue weighted by Gasteiger charge is -2.27. The highest BCUT2D eigenvalue weighted by molar-refractivity contribution is 5.69. The summed E-state index contributed by atoms with van der Waals surface area (Å²) in [5.74, 6) is 0.711. The summed E-state index contributed by atoms with van der Waals surface area (Å²) >= 11 is 0. The standard InChI is InChI=1S/C21H30F2N2O5/c1-21(2,3)30-20(27)25-10-15(8-16(25)11-26)24-14-6-7-17(29-19(22)23)18(9-14)28-12-13-4-5-13/h6-7,9,13,15-16,19,24,26H,4-5,8,10-12H2,1-3H3. The van der Waals surface area contributed by atoms with Crippen molar-refractivity contribution in [2.75, 3.05) is 25.1 Å². The molecular formula is C21H30F2N2O5. The van der Waals surface area contributed by atoms with Gasteiger partial charge in [-0.1, -0.05) is 0 Å². The second-order valence-corrected chi connectivity index (χ2v) is 8.84. The van der Waals surface area contributed by atoms with Crippen molar-refractivity contribution < 1.29 is 32.9 Å². The molecule has 168 valence electrons. The molecule has 9 heteroatoms. The molecule has 1 amide bonds. The summed E-state index contributed by atoms with van der Waals surface area (Å²) in [6.45, 7) is 3.08. The maximum absolute atomic E-state index is 12.7. The van der Waals surface area contributed by atoms with Crippen molar-refractivity contribution in [2.24, 2.45) is 5.92 Å². The maximum Gasteiger partial charge on any atom is 0.410 e. The minimum Gasteiger partial charge on any atom is -0.489 e. The van der Waals surface area contributed by atoms with Gasteiger partial charge < -0.3 is 29.5 Å². The van der Waals surface area contributed by atoms with Gasteiger partial charge in [0.1, 0.15) is 5.60 Å². The number of rotatable bonds is 8. The van der Waals surface area contributed by atoms with Crippen LogP contribution >= 0.6 is 0 Å². The molecule has 1 saturated carbocycles. The second kappa shape index (κ2) is 9.24. The second-order valence-electron chi connectivity index (χ2n) is 8.84. The van der Waals surface area contributed by atoms with Crippen LogP contribution in [0.2, 0.25) is 0 Å². The molecule has 0 aromatic heterocycles. The molecule has 2 unspecified atom stereocenters. The number of anilines is 1. The Kier molecular flexibility index (Phi) is 6.90. The van der Waals surface area contributed by atoms with Crippen molar-refractivity contribution >= 4 is 11.8 Å². The van der Waals surface area contributed by atoms with Gasteiger partial charge in [0.15, 0.2) is 11.5 Å². The van der Waals surface area contributed by atoms with E-state index >= 15 is 0 Å². The van der Waals surface area contributed by atoms with Crippen LogP contribution in [0.15, 0.2) is 18.2 Å². The fraction of sp³-hybridized carbons (Fsp3) is 0.667. The molecule has 2 atom stereocenters. The Morgan fingerprint density at radius 3 is 2.63 bits per heavy atom. The molecule has 3 rings (SSSR count). The van der Waals surface area contributed by atoms with Crippen molar-refractivity contribution in [2.45, 2.75) is 64.3 Å². The number of nitrogens with one attached hydrogen (secondary N) is 1. The molecule has 30 heavy (non-hydrogen) atoms. The van der Waals surface area contributed by atoms with E-state index in [0.717, 1.165) is 12.8 Å². The van der Waals surface area contributed by atoms with Gasteiger partial charge in [-0.05, 0) is 58.1 Å². The third kappa shape index (κ3) is 6.35. The summed E-state index contributed by atoms with van der Waals surface area (Å²) in [5.41, 5.74) is 0.0341. The Hall–Kier alpha value is -2.29. The number of ether oxygens (including phenoxy) is 3. The van der Waals surface area contributed by atoms with Gasteiger partial charge in [0.2, 0.25) is 0 Å². The summed E-state index contributed by atoms with van der Waals surface area (Å²) in [4.78, 5) is 14.0. The number of benzene rings is 1. The van der Waals surface area contributed by atoms with Crippen LogP contribution in [0.5, 0.6) is 11.5 Å². The first-order valence-corrected chi connectivity index (χ1v) is 10.2. The number of aliphatic hydroxyl groups is 1. The number of aliphatic hydroxyl groups excluding tert-OH is 1. The first-order chi connectivity index (χ1) is 14.1. The average Bonchev–Trinajstić information content (AvgIpc) is 3.38. The smallest absolute Gasteiger partial charge is 0.410 e. The van der Waals surface area contributed by atoms with Crippen molar-refractivity contribution in [3.63, 3.8) is 0 Å². The van der Waals surface area contributed by atoms with Gasteiger partial charge in [-0.25, -0.2) is 4.79 Å². The van der Waals surface area contributed by atoms with Crippen LogP contribution in [0.1, 0.15) is 40.0 Å². The number of nitrogens with zero attached hydrogens (tertiary/aromatic N) is 1. The predicted molar refractivity (Wildman–Crippen MR) is 107 cm³/mol. The van der Waals surface area contributed by atoms with Crippen molar-refractivity contribution in [1.29, 1.82) is 0 Å². The van der Waals surface area contributed by atoms with Crippen molar-refractivity contribution in [3.8, 4) is 11.5 Å². The molecule has 2 N–H and O–H groups in total. The Labute approximate surface area is 175 Å². The average molecular weight is 428 g/mol. The molecular weight excluding hydrogens is 398 g/mol. The monoisotopic (exact) mass is 428 g/mol. The summed E-state index contributed by atoms with van der Waals surface area (Å²) in [5, 5.41) is 13.0. The first-order valence-electron chi connectivity index (χ1n) is 10.2. The number of amides is 1. The number of halogens is 2. The van der Waals surface area contributed by atoms with Gasteiger partial charge in [-0.15, -0.1) is 0 Å². The van der Waals surface area contributed by atoms with Gasteiger partial charge in [0, 0.05) is 24.3 Å². The van der Waals surface area contributed by atoms with E-state index in [4.69, 9.17) is 9.47 Å². The Morgan fingerprint density at radius 2 is 2.03 bits per heavy atom. The van der Waals surface area contributed by atoms with Crippen LogP contribution in [-0.4, -0.2) is 60.2 Å². The summed E-state index contributed by atoms with van der Waals surface area (Å²) in [6, 6.07) is 4.22. The number of alkyl halides is 2. The zero-order valence-corrected chi connectivity index (χ0v) is 17.6. The van der Waals surface area contributed by atoms with E-state index in [1.165, 1.54) is 11.0 Å². The maximum atomic E-state index is 12.7. The highest BCUT2D eigenvalue weighted by Gasteiger charge is 2.37. The molecule has 0 radical (unpaired) electrons. The molecule has 1 aliphatic heterocycles. The summed E-state index contributed by atoms with van der Waals surface area (Å²) in [6.07, 6.45) is 2.21. The minimum atomic E-state index is -2.94. The highest BCUT2D eigenvalue weighted by atomic mass is 19.3. The van der Waals surface area contributed by atoms with Crippen LogP contribution in [0.25, 0.3) is 0 Å². The topological polar surface area (TPSA) is 80.3 Å². The Bertz CT molecular complexity index is 737. The number of likely N-dealkylation sites (tertiary alicyclic amines) is 1. The molecule has 1 aromatic carbocycles. The fourth-order valence-electron chi connectivity index (χ4n) is 3.37. The zero-order valence-electron chi connectivity index (χ0n) is 17.6. The molecule has 1 heterocycles. The van der Waals surface area contributed by atoms with Gasteiger partial charge in [-0.2, -0.15) is 8.78 Å². The molecule has 2 aliphatic rings. The van der Waals surface area contributed by atoms with E-state index in [1.54, 1.807) is 32.9 Å².